The minimum atomic E-state index is -4.91. The lowest BCUT2D eigenvalue weighted by atomic mass is 10.0. The maximum absolute atomic E-state index is 14.9. The van der Waals surface area contributed by atoms with Gasteiger partial charge in [0, 0.05) is 11.6 Å². The van der Waals surface area contributed by atoms with Crippen molar-refractivity contribution in [3.8, 4) is 0 Å². The van der Waals surface area contributed by atoms with Gasteiger partial charge in [-0.1, -0.05) is 17.7 Å². The van der Waals surface area contributed by atoms with Crippen LogP contribution in [0.3, 0.4) is 0 Å². The lowest BCUT2D eigenvalue weighted by Gasteiger charge is -2.19. The molecular weight excluding hydrogens is 572 g/mol. The number of nitrogens with two attached hydrogens (primary N) is 1. The Hall–Kier alpha value is -4.36. The first-order valence-corrected chi connectivity index (χ1v) is 12.1. The minimum Gasteiger partial charge on any atom is -0.465 e. The number of primary amides is 1. The highest BCUT2D eigenvalue weighted by molar-refractivity contribution is 6.33. The number of aromatic nitrogens is 1. The molecule has 0 unspecified atom stereocenters. The molecule has 2 amide bonds. The number of ether oxygens (including phenoxy) is 2. The molecule has 1 aromatic heterocycles. The Balaban J connectivity index is 2.09. The second-order valence-corrected chi connectivity index (χ2v) is 9.93. The number of anilines is 1. The molecule has 3 aromatic rings. The van der Waals surface area contributed by atoms with Crippen molar-refractivity contribution in [1.82, 2.24) is 4.98 Å². The molecule has 4 N–H and O–H groups in total. The van der Waals surface area contributed by atoms with Crippen molar-refractivity contribution in [3.05, 3.63) is 87.4 Å². The van der Waals surface area contributed by atoms with Gasteiger partial charge in [-0.25, -0.2) is 29.1 Å². The van der Waals surface area contributed by atoms with Gasteiger partial charge in [-0.2, -0.15) is 13.2 Å². The summed E-state index contributed by atoms with van der Waals surface area (Å²) in [4.78, 5) is 41.2. The SMILES string of the molecule is COC(=O)c1ccc(C(=N)c2ncc(NC(=O)OC(C)(C)C)cc2[NH2+]C(=O)c2c(Cl)cccc2C(F)(F)F)c(F)c1. The van der Waals surface area contributed by atoms with Crippen molar-refractivity contribution in [1.29, 1.82) is 5.41 Å². The highest BCUT2D eigenvalue weighted by Crippen LogP contribution is 2.34. The normalized spacial score (nSPS) is 11.5. The van der Waals surface area contributed by atoms with Gasteiger partial charge in [-0.05, 0) is 51.1 Å². The molecule has 3 rings (SSSR count). The Kier molecular flexibility index (Phi) is 9.14. The average molecular weight is 596 g/mol. The molecule has 0 radical (unpaired) electrons. The third kappa shape index (κ3) is 7.64. The van der Waals surface area contributed by atoms with Gasteiger partial charge >= 0.3 is 24.1 Å². The van der Waals surface area contributed by atoms with Gasteiger partial charge < -0.3 is 9.47 Å². The molecule has 0 aliphatic heterocycles. The van der Waals surface area contributed by atoms with Gasteiger partial charge in [0.1, 0.15) is 22.7 Å². The van der Waals surface area contributed by atoms with E-state index in [9.17, 15) is 31.9 Å². The average Bonchev–Trinajstić information content (AvgIpc) is 2.86. The summed E-state index contributed by atoms with van der Waals surface area (Å²) in [5, 5.41) is 11.2. The van der Waals surface area contributed by atoms with Crippen LogP contribution >= 0.6 is 11.6 Å². The Labute approximate surface area is 236 Å². The van der Waals surface area contributed by atoms with Crippen LogP contribution in [0.15, 0.2) is 48.7 Å². The lowest BCUT2D eigenvalue weighted by molar-refractivity contribution is -0.464. The van der Waals surface area contributed by atoms with Gasteiger partial charge in [-0.3, -0.25) is 10.7 Å². The Morgan fingerprint density at radius 3 is 2.34 bits per heavy atom. The van der Waals surface area contributed by atoms with E-state index < -0.39 is 57.4 Å². The zero-order chi connectivity index (χ0) is 30.7. The monoisotopic (exact) mass is 595 g/mol. The number of esters is 1. The van der Waals surface area contributed by atoms with Crippen LogP contribution in [-0.4, -0.2) is 41.4 Å². The smallest absolute Gasteiger partial charge is 0.417 e. The third-order valence-electron chi connectivity index (χ3n) is 5.31. The molecule has 0 fully saturated rings. The quantitative estimate of drug-likeness (QED) is 0.196. The first-order valence-electron chi connectivity index (χ1n) is 11.7. The van der Waals surface area contributed by atoms with Crippen molar-refractivity contribution >= 4 is 46.7 Å². The minimum absolute atomic E-state index is 0.0356. The predicted molar refractivity (Wildman–Crippen MR) is 140 cm³/mol. The molecule has 9 nitrogen and oxygen atoms in total. The Morgan fingerprint density at radius 2 is 1.76 bits per heavy atom. The fraction of sp³-hybridized carbons (Fsp3) is 0.222. The van der Waals surface area contributed by atoms with Crippen molar-refractivity contribution in [2.24, 2.45) is 0 Å². The number of hydrogen-bond acceptors (Lipinski definition) is 7. The molecule has 1 heterocycles. The number of halogens is 5. The van der Waals surface area contributed by atoms with Crippen LogP contribution in [0.4, 0.5) is 33.7 Å². The number of rotatable bonds is 6. The molecule has 2 aromatic carbocycles. The summed E-state index contributed by atoms with van der Waals surface area (Å²) in [6.45, 7) is 4.86. The summed E-state index contributed by atoms with van der Waals surface area (Å²) in [6, 6.07) is 7.14. The number of alkyl halides is 3. The summed E-state index contributed by atoms with van der Waals surface area (Å²) >= 11 is 5.97. The fourth-order valence-electron chi connectivity index (χ4n) is 3.60. The van der Waals surface area contributed by atoms with E-state index in [1.54, 1.807) is 20.8 Å². The highest BCUT2D eigenvalue weighted by Gasteiger charge is 2.38. The summed E-state index contributed by atoms with van der Waals surface area (Å²) in [5.74, 6) is -3.01. The second-order valence-electron chi connectivity index (χ2n) is 9.52. The van der Waals surface area contributed by atoms with E-state index >= 15 is 0 Å². The van der Waals surface area contributed by atoms with Gasteiger partial charge in [0.15, 0.2) is 5.69 Å². The number of hydrogen-bond donors (Lipinski definition) is 3. The standard InChI is InChI=1S/C27H23ClF4N4O5/c1-26(2,3)41-25(39)35-14-11-19(36-23(37)20-16(27(30,31)32)6-5-7-17(20)28)22(34-12-14)21(33)15-9-8-13(10-18(15)29)24(38)40-4/h5-12,33H,1-4H3,(H,35,39)(H,36,37)/p+1. The van der Waals surface area contributed by atoms with Gasteiger partial charge in [0.25, 0.3) is 0 Å². The van der Waals surface area contributed by atoms with Crippen molar-refractivity contribution in [2.75, 3.05) is 12.4 Å². The van der Waals surface area contributed by atoms with Crippen LogP contribution in [0.5, 0.6) is 0 Å². The highest BCUT2D eigenvalue weighted by atomic mass is 35.5. The van der Waals surface area contributed by atoms with Crippen LogP contribution in [0.25, 0.3) is 0 Å². The molecule has 216 valence electrons. The first kappa shape index (κ1) is 31.2. The van der Waals surface area contributed by atoms with E-state index in [2.05, 4.69) is 15.0 Å². The number of nitrogens with one attached hydrogen (secondary N) is 2. The molecule has 0 saturated heterocycles. The number of pyridine rings is 1. The largest absolute Gasteiger partial charge is 0.465 e. The van der Waals surface area contributed by atoms with Crippen LogP contribution in [-0.2, 0) is 15.7 Å². The van der Waals surface area contributed by atoms with E-state index in [1.165, 1.54) is 6.07 Å². The van der Waals surface area contributed by atoms with Gasteiger partial charge in [0.05, 0.1) is 40.9 Å². The molecule has 0 aliphatic rings. The number of carbonyl (C=O) groups is 3. The van der Waals surface area contributed by atoms with E-state index in [0.29, 0.717) is 6.07 Å². The molecule has 14 heteroatoms. The number of nitrogens with zero attached hydrogens (tertiary/aromatic N) is 1. The number of benzene rings is 2. The number of amides is 2. The van der Waals surface area contributed by atoms with Gasteiger partial charge in [0.2, 0.25) is 0 Å². The molecule has 0 bridgehead atoms. The van der Waals surface area contributed by atoms with E-state index in [4.69, 9.17) is 21.7 Å². The Morgan fingerprint density at radius 1 is 1.07 bits per heavy atom. The lowest BCUT2D eigenvalue weighted by Crippen LogP contribution is -2.83. The fourth-order valence-corrected chi connectivity index (χ4v) is 3.87. The maximum Gasteiger partial charge on any atom is 0.417 e. The first-order chi connectivity index (χ1) is 19.0. The molecule has 41 heavy (non-hydrogen) atoms. The summed E-state index contributed by atoms with van der Waals surface area (Å²) in [7, 11) is 1.11. The van der Waals surface area contributed by atoms with Crippen LogP contribution in [0.2, 0.25) is 5.02 Å². The van der Waals surface area contributed by atoms with Crippen molar-refractivity contribution < 1.29 is 46.7 Å². The van der Waals surface area contributed by atoms with Crippen LogP contribution in [0.1, 0.15) is 58.3 Å². The molecule has 0 saturated carbocycles. The van der Waals surface area contributed by atoms with E-state index in [-0.39, 0.29) is 28.2 Å². The summed E-state index contributed by atoms with van der Waals surface area (Å²) < 4.78 is 65.6. The van der Waals surface area contributed by atoms with Crippen molar-refractivity contribution in [2.45, 2.75) is 32.5 Å². The third-order valence-corrected chi connectivity index (χ3v) is 5.63. The summed E-state index contributed by atoms with van der Waals surface area (Å²) in [6.07, 6.45) is -4.72. The van der Waals surface area contributed by atoms with Crippen LogP contribution < -0.4 is 10.6 Å². The predicted octanol–water partition coefficient (Wildman–Crippen LogP) is 5.48. The van der Waals surface area contributed by atoms with E-state index in [0.717, 1.165) is 49.0 Å². The Bertz CT molecular complexity index is 1540. The van der Waals surface area contributed by atoms with Crippen LogP contribution in [0, 0.1) is 11.2 Å². The number of methoxy groups -OCH3 is 1. The molecule has 0 atom stereocenters. The van der Waals surface area contributed by atoms with Gasteiger partial charge in [-0.15, -0.1) is 0 Å². The second kappa shape index (κ2) is 12.0. The maximum atomic E-state index is 14.9. The van der Waals surface area contributed by atoms with Crippen molar-refractivity contribution in [3.63, 3.8) is 0 Å². The molecule has 0 spiro atoms. The zero-order valence-electron chi connectivity index (χ0n) is 22.1. The number of quaternary nitrogens is 1. The topological polar surface area (TPSA) is 135 Å². The number of carbonyl (C=O) groups excluding carboxylic acids is 3. The van der Waals surface area contributed by atoms with E-state index in [1.807, 2.05) is 0 Å². The molecule has 0 aliphatic carbocycles. The zero-order valence-corrected chi connectivity index (χ0v) is 22.8. The molecular formula is C27H24ClF4N4O5+. The summed E-state index contributed by atoms with van der Waals surface area (Å²) in [5.41, 5.74) is -4.64.